The normalized spacial score (nSPS) is 11.2. The molecule has 0 aromatic heterocycles. The molecule has 0 aliphatic carbocycles. The predicted octanol–water partition coefficient (Wildman–Crippen LogP) is 2.68. The van der Waals surface area contributed by atoms with Crippen LogP contribution in [0.3, 0.4) is 0 Å². The number of para-hydroxylation sites is 1. The van der Waals surface area contributed by atoms with Crippen LogP contribution < -0.4 is 16.6 Å². The number of anilines is 1. The lowest BCUT2D eigenvalue weighted by molar-refractivity contribution is 0.951. The molecule has 0 bridgehead atoms. The molecular formula is C16H20N4. The summed E-state index contributed by atoms with van der Waals surface area (Å²) in [6, 6.07) is 18.1. The van der Waals surface area contributed by atoms with Gasteiger partial charge in [-0.3, -0.25) is 5.43 Å². The predicted molar refractivity (Wildman–Crippen MR) is 84.3 cm³/mol. The number of hydrogen-bond donors (Lipinski definition) is 3. The molecule has 0 atom stereocenters. The topological polar surface area (TPSA) is 62.4 Å². The molecule has 0 fully saturated rings. The number of nitrogens with zero attached hydrogens (tertiary/aromatic N) is 1. The lowest BCUT2D eigenvalue weighted by Crippen LogP contribution is -2.36. The molecule has 104 valence electrons. The largest absolute Gasteiger partial charge is 0.325 e. The Kier molecular flexibility index (Phi) is 5.15. The van der Waals surface area contributed by atoms with Crippen LogP contribution >= 0.6 is 0 Å². The summed E-state index contributed by atoms with van der Waals surface area (Å²) in [5, 5.41) is 3.15. The van der Waals surface area contributed by atoms with Gasteiger partial charge in [-0.05, 0) is 29.7 Å². The zero-order chi connectivity index (χ0) is 14.2. The second-order valence-electron chi connectivity index (χ2n) is 4.42. The fourth-order valence-corrected chi connectivity index (χ4v) is 2.00. The van der Waals surface area contributed by atoms with Gasteiger partial charge in [-0.15, -0.1) is 0 Å². The quantitative estimate of drug-likeness (QED) is 0.346. The standard InChI is InChI=1S/C16H20N4/c1-2-13-8-6-7-9-14(13)12-18-16(20-17)19-15-10-4-3-5-11-15/h3-11H,2,12,17H2,1H3,(H2,18,19,20). The van der Waals surface area contributed by atoms with Gasteiger partial charge >= 0.3 is 0 Å². The van der Waals surface area contributed by atoms with Crippen LogP contribution in [0.15, 0.2) is 59.6 Å². The van der Waals surface area contributed by atoms with Crippen molar-refractivity contribution in [3.05, 3.63) is 65.7 Å². The highest BCUT2D eigenvalue weighted by Gasteiger charge is 2.01. The number of aliphatic imine (C=N–C) groups is 1. The van der Waals surface area contributed by atoms with Crippen LogP contribution in [0, 0.1) is 0 Å². The van der Waals surface area contributed by atoms with Gasteiger partial charge in [0.05, 0.1) is 6.54 Å². The summed E-state index contributed by atoms with van der Waals surface area (Å²) in [5.41, 5.74) is 6.08. The molecule has 0 amide bonds. The van der Waals surface area contributed by atoms with Crippen LogP contribution in [0.5, 0.6) is 0 Å². The van der Waals surface area contributed by atoms with Gasteiger partial charge in [-0.1, -0.05) is 49.4 Å². The zero-order valence-corrected chi connectivity index (χ0v) is 11.6. The SMILES string of the molecule is CCc1ccccc1CN=C(NN)Nc1ccccc1. The van der Waals surface area contributed by atoms with Crippen LogP contribution in [-0.2, 0) is 13.0 Å². The fraction of sp³-hybridized carbons (Fsp3) is 0.188. The van der Waals surface area contributed by atoms with Gasteiger partial charge in [0.1, 0.15) is 0 Å². The van der Waals surface area contributed by atoms with Gasteiger partial charge < -0.3 is 5.32 Å². The van der Waals surface area contributed by atoms with Gasteiger partial charge in [0.25, 0.3) is 0 Å². The molecule has 0 saturated carbocycles. The Morgan fingerprint density at radius 2 is 1.65 bits per heavy atom. The third-order valence-corrected chi connectivity index (χ3v) is 3.08. The molecule has 20 heavy (non-hydrogen) atoms. The van der Waals surface area contributed by atoms with Gasteiger partial charge in [0.15, 0.2) is 0 Å². The number of guanidine groups is 1. The summed E-state index contributed by atoms with van der Waals surface area (Å²) in [7, 11) is 0. The Labute approximate surface area is 119 Å². The molecule has 0 spiro atoms. The second-order valence-corrected chi connectivity index (χ2v) is 4.42. The van der Waals surface area contributed by atoms with E-state index in [1.165, 1.54) is 11.1 Å². The Morgan fingerprint density at radius 1 is 1.00 bits per heavy atom. The van der Waals surface area contributed by atoms with Gasteiger partial charge in [0.2, 0.25) is 5.96 Å². The summed E-state index contributed by atoms with van der Waals surface area (Å²) in [4.78, 5) is 4.49. The molecule has 4 heteroatoms. The van der Waals surface area contributed by atoms with E-state index in [0.29, 0.717) is 12.5 Å². The highest BCUT2D eigenvalue weighted by molar-refractivity contribution is 5.93. The average Bonchev–Trinajstić information content (AvgIpc) is 2.52. The Hall–Kier alpha value is -2.33. The van der Waals surface area contributed by atoms with E-state index < -0.39 is 0 Å². The van der Waals surface area contributed by atoms with Crippen LogP contribution in [0.4, 0.5) is 5.69 Å². The summed E-state index contributed by atoms with van der Waals surface area (Å²) in [6.45, 7) is 2.75. The zero-order valence-electron chi connectivity index (χ0n) is 11.6. The number of hydrazine groups is 1. The fourth-order valence-electron chi connectivity index (χ4n) is 2.00. The van der Waals surface area contributed by atoms with E-state index in [-0.39, 0.29) is 0 Å². The van der Waals surface area contributed by atoms with Gasteiger partial charge in [-0.25, -0.2) is 10.8 Å². The molecule has 4 nitrogen and oxygen atoms in total. The van der Waals surface area contributed by atoms with Crippen LogP contribution in [0.25, 0.3) is 0 Å². The van der Waals surface area contributed by atoms with E-state index in [2.05, 4.69) is 40.9 Å². The number of rotatable bonds is 4. The van der Waals surface area contributed by atoms with Gasteiger partial charge in [0, 0.05) is 5.69 Å². The Balaban J connectivity index is 2.08. The molecule has 0 aliphatic rings. The highest BCUT2D eigenvalue weighted by atomic mass is 15.3. The van der Waals surface area contributed by atoms with E-state index in [4.69, 9.17) is 5.84 Å². The third kappa shape index (κ3) is 3.83. The summed E-state index contributed by atoms with van der Waals surface area (Å²) in [6.07, 6.45) is 1.00. The summed E-state index contributed by atoms with van der Waals surface area (Å²) >= 11 is 0. The Morgan fingerprint density at radius 3 is 2.30 bits per heavy atom. The lowest BCUT2D eigenvalue weighted by atomic mass is 10.1. The van der Waals surface area contributed by atoms with Crippen molar-refractivity contribution in [3.8, 4) is 0 Å². The number of nitrogens with one attached hydrogen (secondary N) is 2. The van der Waals surface area contributed by atoms with E-state index in [1.807, 2.05) is 36.4 Å². The highest BCUT2D eigenvalue weighted by Crippen LogP contribution is 2.11. The van der Waals surface area contributed by atoms with E-state index in [9.17, 15) is 0 Å². The molecular weight excluding hydrogens is 248 g/mol. The molecule has 0 saturated heterocycles. The van der Waals surface area contributed by atoms with Crippen molar-refractivity contribution in [2.75, 3.05) is 5.32 Å². The molecule has 4 N–H and O–H groups in total. The van der Waals surface area contributed by atoms with Crippen molar-refractivity contribution in [1.29, 1.82) is 0 Å². The maximum absolute atomic E-state index is 5.51. The van der Waals surface area contributed by atoms with E-state index in [1.54, 1.807) is 0 Å². The molecule has 0 heterocycles. The lowest BCUT2D eigenvalue weighted by Gasteiger charge is -2.10. The molecule has 0 radical (unpaired) electrons. The first-order valence-electron chi connectivity index (χ1n) is 6.73. The molecule has 2 aromatic carbocycles. The van der Waals surface area contributed by atoms with E-state index >= 15 is 0 Å². The minimum absolute atomic E-state index is 0.558. The molecule has 0 unspecified atom stereocenters. The average molecular weight is 268 g/mol. The summed E-state index contributed by atoms with van der Waals surface area (Å²) < 4.78 is 0. The number of benzene rings is 2. The smallest absolute Gasteiger partial charge is 0.210 e. The van der Waals surface area contributed by atoms with Gasteiger partial charge in [-0.2, -0.15) is 0 Å². The van der Waals surface area contributed by atoms with Crippen molar-refractivity contribution in [2.45, 2.75) is 19.9 Å². The molecule has 2 rings (SSSR count). The first-order chi connectivity index (χ1) is 9.83. The maximum Gasteiger partial charge on any atom is 0.210 e. The van der Waals surface area contributed by atoms with Crippen LogP contribution in [0.2, 0.25) is 0 Å². The van der Waals surface area contributed by atoms with Crippen LogP contribution in [0.1, 0.15) is 18.1 Å². The third-order valence-electron chi connectivity index (χ3n) is 3.08. The van der Waals surface area contributed by atoms with Crippen molar-refractivity contribution in [1.82, 2.24) is 5.43 Å². The monoisotopic (exact) mass is 268 g/mol. The van der Waals surface area contributed by atoms with Crippen molar-refractivity contribution in [3.63, 3.8) is 0 Å². The second kappa shape index (κ2) is 7.31. The van der Waals surface area contributed by atoms with Crippen LogP contribution in [-0.4, -0.2) is 5.96 Å². The first kappa shape index (κ1) is 14.1. The molecule has 0 aliphatic heterocycles. The van der Waals surface area contributed by atoms with Crippen molar-refractivity contribution >= 4 is 11.6 Å². The van der Waals surface area contributed by atoms with Crippen molar-refractivity contribution in [2.24, 2.45) is 10.8 Å². The number of aryl methyl sites for hydroxylation is 1. The van der Waals surface area contributed by atoms with Crippen molar-refractivity contribution < 1.29 is 0 Å². The minimum atomic E-state index is 0.558. The Bertz CT molecular complexity index is 564. The minimum Gasteiger partial charge on any atom is -0.325 e. The number of hydrogen-bond acceptors (Lipinski definition) is 2. The number of nitrogens with two attached hydrogens (primary N) is 1. The molecule has 2 aromatic rings. The summed E-state index contributed by atoms with van der Waals surface area (Å²) in [5.74, 6) is 6.07. The maximum atomic E-state index is 5.51. The first-order valence-corrected chi connectivity index (χ1v) is 6.73. The van der Waals surface area contributed by atoms with E-state index in [0.717, 1.165) is 12.1 Å².